The van der Waals surface area contributed by atoms with Gasteiger partial charge in [0.05, 0.1) is 18.2 Å². The SMILES string of the molecule is Cc1ccc(N2C(=O)CC(NCC(C)c3ccccc3)C2=O)cc1. The fourth-order valence-corrected chi connectivity index (χ4v) is 2.97. The van der Waals surface area contributed by atoms with E-state index in [1.807, 2.05) is 49.4 Å². The molecule has 0 bridgehead atoms. The van der Waals surface area contributed by atoms with Crippen molar-refractivity contribution < 1.29 is 9.59 Å². The number of hydrogen-bond donors (Lipinski definition) is 1. The molecule has 1 saturated heterocycles. The van der Waals surface area contributed by atoms with Crippen LogP contribution in [0.4, 0.5) is 5.69 Å². The minimum atomic E-state index is -0.440. The van der Waals surface area contributed by atoms with Gasteiger partial charge in [0.1, 0.15) is 0 Å². The van der Waals surface area contributed by atoms with Crippen LogP contribution in [-0.2, 0) is 9.59 Å². The van der Waals surface area contributed by atoms with Crippen molar-refractivity contribution in [2.24, 2.45) is 0 Å². The second kappa shape index (κ2) is 6.97. The van der Waals surface area contributed by atoms with Gasteiger partial charge in [-0.3, -0.25) is 9.59 Å². The van der Waals surface area contributed by atoms with Crippen molar-refractivity contribution in [1.29, 1.82) is 0 Å². The number of nitrogens with one attached hydrogen (secondary N) is 1. The Bertz CT molecular complexity index is 725. The van der Waals surface area contributed by atoms with Crippen molar-refractivity contribution in [3.63, 3.8) is 0 Å². The second-order valence-electron chi connectivity index (χ2n) is 6.38. The molecular weight excluding hydrogens is 300 g/mol. The molecule has 1 N–H and O–H groups in total. The predicted octanol–water partition coefficient (Wildman–Crippen LogP) is 3.02. The van der Waals surface area contributed by atoms with Crippen LogP contribution in [0.3, 0.4) is 0 Å². The average molecular weight is 322 g/mol. The molecule has 0 spiro atoms. The molecule has 1 heterocycles. The molecule has 1 fully saturated rings. The second-order valence-corrected chi connectivity index (χ2v) is 6.38. The Morgan fingerprint density at radius 3 is 2.42 bits per heavy atom. The maximum atomic E-state index is 12.6. The number of anilines is 1. The first kappa shape index (κ1) is 16.4. The van der Waals surface area contributed by atoms with Crippen molar-refractivity contribution in [3.8, 4) is 0 Å². The summed E-state index contributed by atoms with van der Waals surface area (Å²) >= 11 is 0. The largest absolute Gasteiger partial charge is 0.305 e. The van der Waals surface area contributed by atoms with Crippen molar-refractivity contribution in [2.45, 2.75) is 32.2 Å². The van der Waals surface area contributed by atoms with E-state index in [2.05, 4.69) is 24.4 Å². The number of nitrogens with zero attached hydrogens (tertiary/aromatic N) is 1. The molecule has 0 saturated carbocycles. The van der Waals surface area contributed by atoms with E-state index in [-0.39, 0.29) is 24.2 Å². The van der Waals surface area contributed by atoms with Gasteiger partial charge in [0, 0.05) is 6.54 Å². The molecular formula is C20H22N2O2. The maximum absolute atomic E-state index is 12.6. The lowest BCUT2D eigenvalue weighted by Crippen LogP contribution is -2.40. The fourth-order valence-electron chi connectivity index (χ4n) is 2.97. The van der Waals surface area contributed by atoms with Gasteiger partial charge in [-0.15, -0.1) is 0 Å². The molecule has 4 heteroatoms. The lowest BCUT2D eigenvalue weighted by atomic mass is 10.0. The topological polar surface area (TPSA) is 49.4 Å². The predicted molar refractivity (Wildman–Crippen MR) is 94.9 cm³/mol. The van der Waals surface area contributed by atoms with Crippen LogP contribution in [0, 0.1) is 6.92 Å². The maximum Gasteiger partial charge on any atom is 0.251 e. The van der Waals surface area contributed by atoms with Gasteiger partial charge >= 0.3 is 0 Å². The first-order valence-corrected chi connectivity index (χ1v) is 8.28. The van der Waals surface area contributed by atoms with Crippen LogP contribution >= 0.6 is 0 Å². The summed E-state index contributed by atoms with van der Waals surface area (Å²) < 4.78 is 0. The van der Waals surface area contributed by atoms with E-state index >= 15 is 0 Å². The van der Waals surface area contributed by atoms with Crippen LogP contribution in [0.5, 0.6) is 0 Å². The van der Waals surface area contributed by atoms with Gasteiger partial charge in [0.15, 0.2) is 0 Å². The summed E-state index contributed by atoms with van der Waals surface area (Å²) in [5.74, 6) is -0.0274. The van der Waals surface area contributed by atoms with E-state index in [0.717, 1.165) is 5.56 Å². The third-order valence-corrected chi connectivity index (χ3v) is 4.48. The Labute approximate surface area is 142 Å². The molecule has 4 nitrogen and oxygen atoms in total. The molecule has 0 radical (unpaired) electrons. The summed E-state index contributed by atoms with van der Waals surface area (Å²) in [6.07, 6.45) is 0.216. The van der Waals surface area contributed by atoms with Crippen LogP contribution in [-0.4, -0.2) is 24.4 Å². The van der Waals surface area contributed by atoms with Crippen LogP contribution in [0.25, 0.3) is 0 Å². The highest BCUT2D eigenvalue weighted by molar-refractivity contribution is 6.22. The van der Waals surface area contributed by atoms with Crippen molar-refractivity contribution in [1.82, 2.24) is 5.32 Å². The molecule has 0 aliphatic carbocycles. The minimum absolute atomic E-state index is 0.145. The Kier molecular flexibility index (Phi) is 4.76. The Morgan fingerprint density at radius 2 is 1.75 bits per heavy atom. The van der Waals surface area contributed by atoms with E-state index < -0.39 is 6.04 Å². The number of carbonyl (C=O) groups is 2. The van der Waals surface area contributed by atoms with Crippen LogP contribution < -0.4 is 10.2 Å². The number of carbonyl (C=O) groups excluding carboxylic acids is 2. The molecule has 2 amide bonds. The normalized spacial score (nSPS) is 18.9. The highest BCUT2D eigenvalue weighted by Crippen LogP contribution is 2.23. The number of aryl methyl sites for hydroxylation is 1. The van der Waals surface area contributed by atoms with E-state index in [0.29, 0.717) is 12.2 Å². The first-order valence-electron chi connectivity index (χ1n) is 8.28. The van der Waals surface area contributed by atoms with Gasteiger partial charge in [0.2, 0.25) is 5.91 Å². The fraction of sp³-hybridized carbons (Fsp3) is 0.300. The number of benzene rings is 2. The van der Waals surface area contributed by atoms with Crippen LogP contribution in [0.15, 0.2) is 54.6 Å². The third kappa shape index (κ3) is 3.39. The number of hydrogen-bond acceptors (Lipinski definition) is 3. The van der Waals surface area contributed by atoms with Gasteiger partial charge in [0.25, 0.3) is 5.91 Å². The van der Waals surface area contributed by atoms with Gasteiger partial charge in [-0.25, -0.2) is 4.90 Å². The Hall–Kier alpha value is -2.46. The quantitative estimate of drug-likeness (QED) is 0.861. The lowest BCUT2D eigenvalue weighted by molar-refractivity contribution is -0.121. The molecule has 2 unspecified atom stereocenters. The third-order valence-electron chi connectivity index (χ3n) is 4.48. The average Bonchev–Trinajstić information content (AvgIpc) is 2.88. The summed E-state index contributed by atoms with van der Waals surface area (Å²) in [6.45, 7) is 4.75. The zero-order chi connectivity index (χ0) is 17.1. The summed E-state index contributed by atoms with van der Waals surface area (Å²) in [5, 5.41) is 3.26. The summed E-state index contributed by atoms with van der Waals surface area (Å²) in [6, 6.07) is 17.2. The zero-order valence-corrected chi connectivity index (χ0v) is 14.0. The lowest BCUT2D eigenvalue weighted by Gasteiger charge is -2.18. The molecule has 2 aromatic carbocycles. The summed E-state index contributed by atoms with van der Waals surface area (Å²) in [5.41, 5.74) is 2.97. The molecule has 2 aromatic rings. The van der Waals surface area contributed by atoms with E-state index in [1.165, 1.54) is 10.5 Å². The van der Waals surface area contributed by atoms with Crippen molar-refractivity contribution in [3.05, 3.63) is 65.7 Å². The highest BCUT2D eigenvalue weighted by atomic mass is 16.2. The number of amides is 2. The van der Waals surface area contributed by atoms with E-state index in [4.69, 9.17) is 0 Å². The Morgan fingerprint density at radius 1 is 1.08 bits per heavy atom. The van der Waals surface area contributed by atoms with Gasteiger partial charge < -0.3 is 5.32 Å². The van der Waals surface area contributed by atoms with Crippen molar-refractivity contribution in [2.75, 3.05) is 11.4 Å². The smallest absolute Gasteiger partial charge is 0.251 e. The summed E-state index contributed by atoms with van der Waals surface area (Å²) in [4.78, 5) is 26.1. The molecule has 1 aliphatic rings. The van der Waals surface area contributed by atoms with Gasteiger partial charge in [-0.2, -0.15) is 0 Å². The Balaban J connectivity index is 1.65. The van der Waals surface area contributed by atoms with Crippen molar-refractivity contribution >= 4 is 17.5 Å². The minimum Gasteiger partial charge on any atom is -0.305 e. The van der Waals surface area contributed by atoms with E-state index in [9.17, 15) is 9.59 Å². The van der Waals surface area contributed by atoms with Gasteiger partial charge in [-0.05, 0) is 30.5 Å². The number of rotatable bonds is 5. The molecule has 2 atom stereocenters. The first-order chi connectivity index (χ1) is 11.6. The zero-order valence-electron chi connectivity index (χ0n) is 14.0. The van der Waals surface area contributed by atoms with Crippen LogP contribution in [0.1, 0.15) is 30.4 Å². The van der Waals surface area contributed by atoms with Crippen LogP contribution in [0.2, 0.25) is 0 Å². The summed E-state index contributed by atoms with van der Waals surface area (Å²) in [7, 11) is 0. The molecule has 124 valence electrons. The van der Waals surface area contributed by atoms with Gasteiger partial charge in [-0.1, -0.05) is 55.0 Å². The van der Waals surface area contributed by atoms with E-state index in [1.54, 1.807) is 0 Å². The standard InChI is InChI=1S/C20H22N2O2/c1-14-8-10-17(11-9-14)22-19(23)12-18(20(22)24)21-13-15(2)16-6-4-3-5-7-16/h3-11,15,18,21H,12-13H2,1-2H3. The molecule has 1 aliphatic heterocycles. The molecule has 0 aromatic heterocycles. The molecule has 24 heavy (non-hydrogen) atoms. The highest BCUT2D eigenvalue weighted by Gasteiger charge is 2.39. The number of imide groups is 1. The molecule has 3 rings (SSSR count). The monoisotopic (exact) mass is 322 g/mol.